The monoisotopic (exact) mass is 393 g/mol. The molecule has 0 spiro atoms. The number of halogens is 3. The van der Waals surface area contributed by atoms with Gasteiger partial charge in [-0.3, -0.25) is 0 Å². The topological polar surface area (TPSA) is 37.8 Å². The zero-order chi connectivity index (χ0) is 17.8. The fraction of sp³-hybridized carbons (Fsp3) is 0.111. The number of aromatic nitrogens is 2. The minimum Gasteiger partial charge on any atom is -0.340 e. The van der Waals surface area contributed by atoms with Crippen LogP contribution in [0.4, 0.5) is 15.9 Å². The summed E-state index contributed by atoms with van der Waals surface area (Å²) in [5.41, 5.74) is 2.44. The molecule has 0 aliphatic rings. The summed E-state index contributed by atoms with van der Waals surface area (Å²) in [6.07, 6.45) is 0. The van der Waals surface area contributed by atoms with E-state index >= 15 is 0 Å². The standard InChI is InChI=1S/C18H14Cl2FN3S/c1-11-9-17(23-13-7-5-12(21)6-8-13)24-18(22-11)25-10-14-15(19)3-2-4-16(14)20/h2-9H,10H2,1H3,(H,22,23,24). The zero-order valence-electron chi connectivity index (χ0n) is 13.3. The van der Waals surface area contributed by atoms with Crippen LogP contribution in [0.1, 0.15) is 11.3 Å². The molecule has 3 aromatic rings. The zero-order valence-corrected chi connectivity index (χ0v) is 15.6. The Balaban J connectivity index is 1.76. The second-order valence-electron chi connectivity index (χ2n) is 5.30. The summed E-state index contributed by atoms with van der Waals surface area (Å²) in [6.45, 7) is 1.89. The number of hydrogen-bond donors (Lipinski definition) is 1. The highest BCUT2D eigenvalue weighted by atomic mass is 35.5. The SMILES string of the molecule is Cc1cc(Nc2ccc(F)cc2)nc(SCc2c(Cl)cccc2Cl)n1. The van der Waals surface area contributed by atoms with Crippen LogP contribution in [0.15, 0.2) is 53.7 Å². The van der Waals surface area contributed by atoms with Crippen LogP contribution in [0.3, 0.4) is 0 Å². The van der Waals surface area contributed by atoms with Crippen molar-refractivity contribution in [3.05, 3.63) is 75.7 Å². The number of rotatable bonds is 5. The van der Waals surface area contributed by atoms with Gasteiger partial charge in [0.05, 0.1) is 0 Å². The highest BCUT2D eigenvalue weighted by molar-refractivity contribution is 7.98. The number of thioether (sulfide) groups is 1. The molecule has 0 unspecified atom stereocenters. The first-order chi connectivity index (χ1) is 12.0. The Kier molecular flexibility index (Phi) is 5.78. The molecule has 1 aromatic heterocycles. The molecular weight excluding hydrogens is 380 g/mol. The van der Waals surface area contributed by atoms with E-state index in [2.05, 4.69) is 15.3 Å². The first-order valence-electron chi connectivity index (χ1n) is 7.45. The van der Waals surface area contributed by atoms with Gasteiger partial charge in [0, 0.05) is 33.2 Å². The van der Waals surface area contributed by atoms with Gasteiger partial charge in [-0.2, -0.15) is 0 Å². The molecule has 0 amide bonds. The van der Waals surface area contributed by atoms with E-state index in [1.54, 1.807) is 12.1 Å². The van der Waals surface area contributed by atoms with Crippen molar-refractivity contribution in [3.63, 3.8) is 0 Å². The van der Waals surface area contributed by atoms with Gasteiger partial charge in [-0.15, -0.1) is 0 Å². The van der Waals surface area contributed by atoms with Crippen LogP contribution < -0.4 is 5.32 Å². The molecule has 2 aromatic carbocycles. The molecule has 7 heteroatoms. The van der Waals surface area contributed by atoms with Gasteiger partial charge < -0.3 is 5.32 Å². The smallest absolute Gasteiger partial charge is 0.190 e. The molecule has 0 radical (unpaired) electrons. The van der Waals surface area contributed by atoms with Crippen molar-refractivity contribution in [2.45, 2.75) is 17.8 Å². The van der Waals surface area contributed by atoms with E-state index in [9.17, 15) is 4.39 Å². The Morgan fingerprint density at radius 2 is 1.72 bits per heavy atom. The largest absolute Gasteiger partial charge is 0.340 e. The van der Waals surface area contributed by atoms with Gasteiger partial charge in [-0.1, -0.05) is 41.0 Å². The second-order valence-corrected chi connectivity index (χ2v) is 7.05. The average molecular weight is 394 g/mol. The van der Waals surface area contributed by atoms with Crippen molar-refractivity contribution in [2.75, 3.05) is 5.32 Å². The van der Waals surface area contributed by atoms with Crippen LogP contribution in [0.5, 0.6) is 0 Å². The predicted molar refractivity (Wildman–Crippen MR) is 102 cm³/mol. The van der Waals surface area contributed by atoms with Crippen molar-refractivity contribution in [1.82, 2.24) is 9.97 Å². The van der Waals surface area contributed by atoms with Crippen LogP contribution in [0.25, 0.3) is 0 Å². The maximum Gasteiger partial charge on any atom is 0.190 e. The van der Waals surface area contributed by atoms with Crippen LogP contribution in [-0.4, -0.2) is 9.97 Å². The number of nitrogens with zero attached hydrogens (tertiary/aromatic N) is 2. The lowest BCUT2D eigenvalue weighted by molar-refractivity contribution is 0.628. The summed E-state index contributed by atoms with van der Waals surface area (Å²) in [5.74, 6) is 0.932. The van der Waals surface area contributed by atoms with Gasteiger partial charge in [-0.25, -0.2) is 14.4 Å². The number of aryl methyl sites for hydroxylation is 1. The summed E-state index contributed by atoms with van der Waals surface area (Å²) in [6, 6.07) is 13.4. The molecule has 0 aliphatic heterocycles. The predicted octanol–water partition coefficient (Wildman–Crippen LogP) is 6.27. The second kappa shape index (κ2) is 8.04. The van der Waals surface area contributed by atoms with Gasteiger partial charge in [0.1, 0.15) is 11.6 Å². The third-order valence-corrected chi connectivity index (χ3v) is 4.94. The van der Waals surface area contributed by atoms with Gasteiger partial charge >= 0.3 is 0 Å². The number of nitrogens with one attached hydrogen (secondary N) is 1. The molecule has 0 fully saturated rings. The summed E-state index contributed by atoms with van der Waals surface area (Å²) in [5, 5.41) is 5.01. The molecule has 0 saturated heterocycles. The average Bonchev–Trinajstić information content (AvgIpc) is 2.56. The van der Waals surface area contributed by atoms with Crippen LogP contribution in [0.2, 0.25) is 10.0 Å². The van der Waals surface area contributed by atoms with Crippen molar-refractivity contribution in [2.24, 2.45) is 0 Å². The van der Waals surface area contributed by atoms with Gasteiger partial charge in [0.2, 0.25) is 0 Å². The molecule has 3 nitrogen and oxygen atoms in total. The maximum atomic E-state index is 13.0. The third-order valence-electron chi connectivity index (χ3n) is 3.36. The van der Waals surface area contributed by atoms with Gasteiger partial charge in [0.25, 0.3) is 0 Å². The Morgan fingerprint density at radius 3 is 2.40 bits per heavy atom. The first kappa shape index (κ1) is 18.0. The molecule has 25 heavy (non-hydrogen) atoms. The Bertz CT molecular complexity index is 868. The first-order valence-corrected chi connectivity index (χ1v) is 9.19. The lowest BCUT2D eigenvalue weighted by atomic mass is 10.2. The summed E-state index contributed by atoms with van der Waals surface area (Å²) in [4.78, 5) is 8.92. The molecule has 0 saturated carbocycles. The van der Waals surface area contributed by atoms with E-state index in [0.717, 1.165) is 16.9 Å². The Hall–Kier alpha value is -1.82. The molecule has 0 bridgehead atoms. The normalized spacial score (nSPS) is 10.7. The Labute approximate surface area is 159 Å². The van der Waals surface area contributed by atoms with Crippen molar-refractivity contribution in [3.8, 4) is 0 Å². The molecular formula is C18H14Cl2FN3S. The minimum atomic E-state index is -0.280. The molecule has 128 valence electrons. The number of benzene rings is 2. The van der Waals surface area contributed by atoms with Gasteiger partial charge in [-0.05, 0) is 48.9 Å². The Morgan fingerprint density at radius 1 is 1.04 bits per heavy atom. The highest BCUT2D eigenvalue weighted by Crippen LogP contribution is 2.31. The van der Waals surface area contributed by atoms with Gasteiger partial charge in [0.15, 0.2) is 5.16 Å². The lowest BCUT2D eigenvalue weighted by Gasteiger charge is -2.09. The lowest BCUT2D eigenvalue weighted by Crippen LogP contribution is -1.99. The molecule has 3 rings (SSSR count). The highest BCUT2D eigenvalue weighted by Gasteiger charge is 2.09. The number of anilines is 2. The van der Waals surface area contributed by atoms with E-state index in [1.807, 2.05) is 31.2 Å². The van der Waals surface area contributed by atoms with E-state index in [-0.39, 0.29) is 5.82 Å². The fourth-order valence-electron chi connectivity index (χ4n) is 2.16. The van der Waals surface area contributed by atoms with Crippen LogP contribution >= 0.6 is 35.0 Å². The number of hydrogen-bond acceptors (Lipinski definition) is 4. The van der Waals surface area contributed by atoms with E-state index in [4.69, 9.17) is 23.2 Å². The fourth-order valence-corrected chi connectivity index (χ4v) is 3.80. The molecule has 0 atom stereocenters. The van der Waals surface area contributed by atoms with E-state index < -0.39 is 0 Å². The van der Waals surface area contributed by atoms with Crippen LogP contribution in [0, 0.1) is 12.7 Å². The molecule has 1 N–H and O–H groups in total. The molecule has 1 heterocycles. The quantitative estimate of drug-likeness (QED) is 0.409. The van der Waals surface area contributed by atoms with E-state index in [1.165, 1.54) is 23.9 Å². The van der Waals surface area contributed by atoms with Crippen molar-refractivity contribution >= 4 is 46.5 Å². The minimum absolute atomic E-state index is 0.280. The van der Waals surface area contributed by atoms with Crippen molar-refractivity contribution < 1.29 is 4.39 Å². The maximum absolute atomic E-state index is 13.0. The van der Waals surface area contributed by atoms with Crippen molar-refractivity contribution in [1.29, 1.82) is 0 Å². The third kappa shape index (κ3) is 4.84. The summed E-state index contributed by atoms with van der Waals surface area (Å²) < 4.78 is 13.0. The van der Waals surface area contributed by atoms with Crippen LogP contribution in [-0.2, 0) is 5.75 Å². The summed E-state index contributed by atoms with van der Waals surface area (Å²) >= 11 is 13.8. The summed E-state index contributed by atoms with van der Waals surface area (Å²) in [7, 11) is 0. The molecule has 0 aliphatic carbocycles. The van der Waals surface area contributed by atoms with E-state index in [0.29, 0.717) is 26.8 Å².